The fraction of sp³-hybridized carbons (Fsp3) is 0.750. The van der Waals surface area contributed by atoms with Crippen molar-refractivity contribution in [2.24, 2.45) is 46.3 Å². The van der Waals surface area contributed by atoms with Crippen LogP contribution in [0.5, 0.6) is 0 Å². The van der Waals surface area contributed by atoms with Crippen molar-refractivity contribution in [3.05, 3.63) is 30.3 Å². The molecule has 5 rings (SSSR count). The maximum Gasteiger partial charge on any atom is 0.178 e. The Hall–Kier alpha value is -1.16. The minimum absolute atomic E-state index is 0.186. The molecule has 4 heteroatoms. The number of carbonyl (C=O) groups excluding carboxylic acids is 1. The number of benzene rings is 1. The highest BCUT2D eigenvalue weighted by Crippen LogP contribution is 2.68. The minimum Gasteiger partial charge on any atom is -0.300 e. The van der Waals surface area contributed by atoms with E-state index < -0.39 is 9.84 Å². The van der Waals surface area contributed by atoms with Gasteiger partial charge in [-0.1, -0.05) is 39.0 Å². The van der Waals surface area contributed by atoms with Crippen molar-refractivity contribution in [3.63, 3.8) is 0 Å². The molecule has 8 atom stereocenters. The summed E-state index contributed by atoms with van der Waals surface area (Å²) in [7, 11) is -3.25. The Bertz CT molecular complexity index is 970. The molecule has 0 aliphatic heterocycles. The third-order valence-electron chi connectivity index (χ3n) is 10.8. The average Bonchev–Trinajstić information content (AvgIpc) is 3.12. The van der Waals surface area contributed by atoms with Gasteiger partial charge in [-0.15, -0.1) is 0 Å². The van der Waals surface area contributed by atoms with Crippen molar-refractivity contribution in [2.75, 3.05) is 5.75 Å². The molecule has 4 fully saturated rings. The Morgan fingerprint density at radius 1 is 0.938 bits per heavy atom. The zero-order chi connectivity index (χ0) is 22.7. The van der Waals surface area contributed by atoms with Crippen molar-refractivity contribution in [1.82, 2.24) is 0 Å². The molecule has 0 spiro atoms. The topological polar surface area (TPSA) is 51.2 Å². The van der Waals surface area contributed by atoms with E-state index in [2.05, 4.69) is 20.8 Å². The monoisotopic (exact) mass is 456 g/mol. The van der Waals surface area contributed by atoms with Crippen LogP contribution in [-0.4, -0.2) is 20.0 Å². The summed E-state index contributed by atoms with van der Waals surface area (Å²) in [5.74, 6) is 4.28. The summed E-state index contributed by atoms with van der Waals surface area (Å²) in [6.45, 7) is 7.19. The van der Waals surface area contributed by atoms with E-state index in [1.54, 1.807) is 12.1 Å². The number of hydrogen-bond acceptors (Lipinski definition) is 3. The van der Waals surface area contributed by atoms with Crippen LogP contribution in [0.25, 0.3) is 0 Å². The predicted molar refractivity (Wildman–Crippen MR) is 128 cm³/mol. The van der Waals surface area contributed by atoms with Crippen molar-refractivity contribution >= 4 is 15.6 Å². The summed E-state index contributed by atoms with van der Waals surface area (Å²) >= 11 is 0. The molecular weight excluding hydrogens is 416 g/mol. The van der Waals surface area contributed by atoms with Gasteiger partial charge in [0.1, 0.15) is 5.78 Å². The fourth-order valence-corrected chi connectivity index (χ4v) is 10.9. The quantitative estimate of drug-likeness (QED) is 0.532. The van der Waals surface area contributed by atoms with Gasteiger partial charge >= 0.3 is 0 Å². The van der Waals surface area contributed by atoms with Gasteiger partial charge in [-0.2, -0.15) is 0 Å². The Morgan fingerprint density at radius 3 is 2.41 bits per heavy atom. The van der Waals surface area contributed by atoms with Gasteiger partial charge in [-0.05, 0) is 103 Å². The number of carbonyl (C=O) groups is 1. The molecule has 0 aromatic heterocycles. The van der Waals surface area contributed by atoms with Gasteiger partial charge in [0.15, 0.2) is 9.84 Å². The number of Topliss-reactive ketones (excluding diaryl/α,β-unsaturated/α-hetero) is 1. The highest BCUT2D eigenvalue weighted by atomic mass is 32.2. The van der Waals surface area contributed by atoms with E-state index in [4.69, 9.17) is 0 Å². The summed E-state index contributed by atoms with van der Waals surface area (Å²) in [6.07, 6.45) is 10.1. The van der Waals surface area contributed by atoms with E-state index >= 15 is 0 Å². The van der Waals surface area contributed by atoms with Crippen molar-refractivity contribution in [3.8, 4) is 0 Å². The van der Waals surface area contributed by atoms with Crippen molar-refractivity contribution in [2.45, 2.75) is 83.5 Å². The highest BCUT2D eigenvalue weighted by molar-refractivity contribution is 7.91. The smallest absolute Gasteiger partial charge is 0.178 e. The summed E-state index contributed by atoms with van der Waals surface area (Å²) < 4.78 is 26.2. The molecule has 4 saturated carbocycles. The van der Waals surface area contributed by atoms with Crippen LogP contribution in [0.1, 0.15) is 78.6 Å². The van der Waals surface area contributed by atoms with E-state index in [1.807, 2.05) is 18.2 Å². The van der Waals surface area contributed by atoms with Gasteiger partial charge in [-0.3, -0.25) is 4.79 Å². The van der Waals surface area contributed by atoms with Gasteiger partial charge in [0.25, 0.3) is 0 Å². The van der Waals surface area contributed by atoms with E-state index in [0.29, 0.717) is 27.9 Å². The molecule has 0 bridgehead atoms. The molecule has 176 valence electrons. The molecule has 0 heterocycles. The van der Waals surface area contributed by atoms with Crippen LogP contribution in [0.2, 0.25) is 0 Å². The molecule has 4 aliphatic carbocycles. The molecule has 1 aromatic carbocycles. The van der Waals surface area contributed by atoms with Gasteiger partial charge in [0.2, 0.25) is 0 Å². The Balaban J connectivity index is 1.34. The summed E-state index contributed by atoms with van der Waals surface area (Å²) in [4.78, 5) is 12.6. The molecule has 0 unspecified atom stereocenters. The van der Waals surface area contributed by atoms with Crippen molar-refractivity contribution in [1.29, 1.82) is 0 Å². The maximum atomic E-state index is 13.1. The van der Waals surface area contributed by atoms with Crippen LogP contribution >= 0.6 is 0 Å². The first-order valence-corrected chi connectivity index (χ1v) is 14.6. The molecular formula is C28H40O3S. The lowest BCUT2D eigenvalue weighted by Gasteiger charge is -2.60. The predicted octanol–water partition coefficient (Wildman–Crippen LogP) is 6.32. The Labute approximate surface area is 194 Å². The third-order valence-corrected chi connectivity index (χ3v) is 12.8. The molecule has 0 saturated heterocycles. The van der Waals surface area contributed by atoms with Crippen molar-refractivity contribution < 1.29 is 13.2 Å². The molecule has 3 nitrogen and oxygen atoms in total. The Kier molecular flexibility index (Phi) is 5.63. The number of ketones is 1. The molecule has 0 amide bonds. The van der Waals surface area contributed by atoms with E-state index in [9.17, 15) is 13.2 Å². The second-order valence-electron chi connectivity index (χ2n) is 12.2. The molecule has 1 aromatic rings. The normalized spacial score (nSPS) is 42.6. The first-order chi connectivity index (χ1) is 15.1. The maximum absolute atomic E-state index is 13.1. The highest BCUT2D eigenvalue weighted by Gasteiger charge is 2.60. The first-order valence-electron chi connectivity index (χ1n) is 12.9. The van der Waals surface area contributed by atoms with Gasteiger partial charge < -0.3 is 0 Å². The number of rotatable bonds is 4. The molecule has 32 heavy (non-hydrogen) atoms. The van der Waals surface area contributed by atoms with Crippen LogP contribution in [0.15, 0.2) is 35.2 Å². The van der Waals surface area contributed by atoms with Crippen LogP contribution in [0.3, 0.4) is 0 Å². The third kappa shape index (κ3) is 3.51. The van der Waals surface area contributed by atoms with E-state index in [1.165, 1.54) is 38.5 Å². The largest absolute Gasteiger partial charge is 0.300 e. The van der Waals surface area contributed by atoms with Crippen LogP contribution in [-0.2, 0) is 14.6 Å². The van der Waals surface area contributed by atoms with E-state index in [0.717, 1.165) is 37.0 Å². The molecule has 0 N–H and O–H groups in total. The second-order valence-corrected chi connectivity index (χ2v) is 14.2. The van der Waals surface area contributed by atoms with Gasteiger partial charge in [0, 0.05) is 12.8 Å². The molecule has 0 radical (unpaired) electrons. The standard InChI is InChI=1S/C28H40O3S/c1-19(18-32(30,31)22-7-5-4-6-8-22)24-11-12-25-23-10-9-20-17-21(29)13-15-27(20,2)26(23)14-16-28(24,25)3/h4-8,19-20,23-26H,9-18H2,1-3H3/t19-,20+,23+,24-,25+,26+,27+,28-/m1/s1. The first kappa shape index (κ1) is 22.6. The average molecular weight is 457 g/mol. The Morgan fingerprint density at radius 2 is 1.66 bits per heavy atom. The number of hydrogen-bond donors (Lipinski definition) is 0. The van der Waals surface area contributed by atoms with Crippen LogP contribution in [0, 0.1) is 46.3 Å². The zero-order valence-electron chi connectivity index (χ0n) is 20.1. The lowest BCUT2D eigenvalue weighted by Crippen LogP contribution is -2.54. The van der Waals surface area contributed by atoms with Crippen LogP contribution < -0.4 is 0 Å². The lowest BCUT2D eigenvalue weighted by atomic mass is 9.44. The summed E-state index contributed by atoms with van der Waals surface area (Å²) in [5, 5.41) is 0. The second kappa shape index (κ2) is 7.96. The van der Waals surface area contributed by atoms with Gasteiger partial charge in [-0.25, -0.2) is 8.42 Å². The number of fused-ring (bicyclic) bond motifs is 5. The number of sulfone groups is 1. The fourth-order valence-electron chi connectivity index (χ4n) is 9.21. The molecule has 4 aliphatic rings. The minimum atomic E-state index is -3.25. The summed E-state index contributed by atoms with van der Waals surface area (Å²) in [6, 6.07) is 8.99. The zero-order valence-corrected chi connectivity index (χ0v) is 20.9. The van der Waals surface area contributed by atoms with Gasteiger partial charge in [0.05, 0.1) is 10.6 Å². The lowest BCUT2D eigenvalue weighted by molar-refractivity contribution is -0.140. The summed E-state index contributed by atoms with van der Waals surface area (Å²) in [5.41, 5.74) is 0.610. The van der Waals surface area contributed by atoms with Crippen LogP contribution in [0.4, 0.5) is 0 Å². The van der Waals surface area contributed by atoms with E-state index in [-0.39, 0.29) is 17.1 Å². The SMILES string of the molecule is C[C@H](CS(=O)(=O)c1ccccc1)[C@H]1CC[C@H]2[C@@H]3CC[C@H]4CC(=O)CC[C@]4(C)[C@H]3CC[C@]12C.